The monoisotopic (exact) mass is 451 g/mol. The van der Waals surface area contributed by atoms with E-state index in [9.17, 15) is 10.1 Å². The number of nitrogens with zero attached hydrogens (tertiary/aromatic N) is 4. The summed E-state index contributed by atoms with van der Waals surface area (Å²) in [5, 5.41) is 15.6. The van der Waals surface area contributed by atoms with Gasteiger partial charge in [-0.05, 0) is 36.8 Å². The first-order valence-corrected chi connectivity index (χ1v) is 9.37. The predicted octanol–water partition coefficient (Wildman–Crippen LogP) is 5.54. The van der Waals surface area contributed by atoms with Gasteiger partial charge < -0.3 is 10.1 Å². The molecule has 4 rings (SSSR count). The van der Waals surface area contributed by atoms with Crippen LogP contribution < -0.4 is 10.1 Å². The van der Waals surface area contributed by atoms with Crippen LogP contribution in [0.3, 0.4) is 0 Å². The highest BCUT2D eigenvalue weighted by atomic mass is 79.9. The number of nitrogens with one attached hydrogen (secondary N) is 1. The van der Waals surface area contributed by atoms with Gasteiger partial charge in [-0.2, -0.15) is 4.98 Å². The fourth-order valence-electron chi connectivity index (χ4n) is 2.83. The average molecular weight is 452 g/mol. The van der Waals surface area contributed by atoms with Gasteiger partial charge in [0.05, 0.1) is 4.92 Å². The molecule has 0 fully saturated rings. The first-order valence-electron chi connectivity index (χ1n) is 8.57. The fourth-order valence-corrected chi connectivity index (χ4v) is 3.28. The van der Waals surface area contributed by atoms with Crippen LogP contribution in [0.1, 0.15) is 5.56 Å². The van der Waals surface area contributed by atoms with E-state index in [0.717, 1.165) is 15.4 Å². The van der Waals surface area contributed by atoms with Crippen molar-refractivity contribution in [2.75, 3.05) is 5.32 Å². The molecule has 8 nitrogen and oxygen atoms in total. The molecular weight excluding hydrogens is 438 g/mol. The molecule has 0 spiro atoms. The number of halogens is 1. The molecule has 0 atom stereocenters. The summed E-state index contributed by atoms with van der Waals surface area (Å²) in [5.74, 6) is 0.228. The van der Waals surface area contributed by atoms with E-state index in [2.05, 4.69) is 36.2 Å². The number of pyridine rings is 1. The van der Waals surface area contributed by atoms with E-state index in [0.29, 0.717) is 17.0 Å². The van der Waals surface area contributed by atoms with E-state index in [1.165, 1.54) is 6.33 Å². The molecule has 0 aliphatic rings. The van der Waals surface area contributed by atoms with Crippen molar-refractivity contribution in [1.82, 2.24) is 15.0 Å². The topological polar surface area (TPSA) is 103 Å². The first-order chi connectivity index (χ1) is 14.0. The molecule has 29 heavy (non-hydrogen) atoms. The predicted molar refractivity (Wildman–Crippen MR) is 113 cm³/mol. The molecule has 0 radical (unpaired) electrons. The Balaban J connectivity index is 1.78. The third kappa shape index (κ3) is 3.72. The van der Waals surface area contributed by atoms with Gasteiger partial charge in [0.1, 0.15) is 11.8 Å². The van der Waals surface area contributed by atoms with Crippen LogP contribution in [0, 0.1) is 17.0 Å². The Labute approximate surface area is 173 Å². The number of aromatic nitrogens is 3. The van der Waals surface area contributed by atoms with E-state index >= 15 is 0 Å². The number of hydrogen-bond acceptors (Lipinski definition) is 7. The van der Waals surface area contributed by atoms with Crippen molar-refractivity contribution in [1.29, 1.82) is 0 Å². The molecule has 0 unspecified atom stereocenters. The van der Waals surface area contributed by atoms with Gasteiger partial charge in [0, 0.05) is 21.7 Å². The highest BCUT2D eigenvalue weighted by Crippen LogP contribution is 2.38. The lowest BCUT2D eigenvalue weighted by molar-refractivity contribution is -0.385. The van der Waals surface area contributed by atoms with Crippen LogP contribution in [0.2, 0.25) is 0 Å². The minimum Gasteiger partial charge on any atom is -0.431 e. The summed E-state index contributed by atoms with van der Waals surface area (Å²) in [7, 11) is 0. The highest BCUT2D eigenvalue weighted by molar-refractivity contribution is 9.10. The van der Waals surface area contributed by atoms with Crippen LogP contribution in [-0.4, -0.2) is 19.9 Å². The number of aryl methyl sites for hydroxylation is 1. The molecule has 2 aromatic carbocycles. The summed E-state index contributed by atoms with van der Waals surface area (Å²) in [5.41, 5.74) is 1.83. The van der Waals surface area contributed by atoms with Gasteiger partial charge in [-0.3, -0.25) is 15.1 Å². The summed E-state index contributed by atoms with van der Waals surface area (Å²) in [4.78, 5) is 23.6. The van der Waals surface area contributed by atoms with Crippen molar-refractivity contribution in [2.45, 2.75) is 6.92 Å². The number of para-hydroxylation sites is 1. The van der Waals surface area contributed by atoms with Crippen LogP contribution in [0.5, 0.6) is 11.6 Å². The zero-order chi connectivity index (χ0) is 20.4. The molecule has 0 saturated carbocycles. The lowest BCUT2D eigenvalue weighted by atomic mass is 10.2. The number of hydrogen-bond donors (Lipinski definition) is 1. The third-order valence-corrected chi connectivity index (χ3v) is 4.95. The van der Waals surface area contributed by atoms with Gasteiger partial charge >= 0.3 is 11.6 Å². The van der Waals surface area contributed by atoms with Crippen LogP contribution in [0.15, 0.2) is 65.5 Å². The van der Waals surface area contributed by atoms with Crippen LogP contribution in [-0.2, 0) is 0 Å². The van der Waals surface area contributed by atoms with E-state index < -0.39 is 4.92 Å². The van der Waals surface area contributed by atoms with Crippen LogP contribution in [0.4, 0.5) is 17.2 Å². The van der Waals surface area contributed by atoms with E-state index in [1.54, 1.807) is 24.4 Å². The SMILES string of the molecule is Cc1ccccc1Nc1ncnc(Oc2ccc(Br)c3cccnc23)c1[N+](=O)[O-]. The van der Waals surface area contributed by atoms with E-state index in [4.69, 9.17) is 4.74 Å². The van der Waals surface area contributed by atoms with Gasteiger partial charge in [0.15, 0.2) is 5.75 Å². The normalized spacial score (nSPS) is 10.7. The Hall–Kier alpha value is -3.59. The Bertz CT molecular complexity index is 1230. The summed E-state index contributed by atoms with van der Waals surface area (Å²) >= 11 is 3.47. The minimum absolute atomic E-state index is 0.0451. The minimum atomic E-state index is -0.565. The maximum absolute atomic E-state index is 11.8. The Morgan fingerprint density at radius 2 is 1.90 bits per heavy atom. The van der Waals surface area contributed by atoms with Gasteiger partial charge in [0.25, 0.3) is 0 Å². The van der Waals surface area contributed by atoms with E-state index in [-0.39, 0.29) is 17.4 Å². The molecule has 0 saturated heterocycles. The summed E-state index contributed by atoms with van der Waals surface area (Å²) < 4.78 is 6.67. The molecule has 0 amide bonds. The third-order valence-electron chi connectivity index (χ3n) is 4.26. The maximum atomic E-state index is 11.8. The molecule has 2 aromatic heterocycles. The zero-order valence-corrected chi connectivity index (χ0v) is 16.8. The summed E-state index contributed by atoms with van der Waals surface area (Å²) in [6.45, 7) is 1.90. The smallest absolute Gasteiger partial charge is 0.373 e. The summed E-state index contributed by atoms with van der Waals surface area (Å²) in [6.07, 6.45) is 2.85. The number of rotatable bonds is 5. The largest absolute Gasteiger partial charge is 0.431 e. The number of benzene rings is 2. The number of fused-ring (bicyclic) bond motifs is 1. The Kier molecular flexibility index (Phi) is 5.05. The second kappa shape index (κ2) is 7.80. The number of anilines is 2. The molecule has 9 heteroatoms. The molecule has 1 N–H and O–H groups in total. The molecule has 0 bridgehead atoms. The van der Waals surface area contributed by atoms with Crippen molar-refractivity contribution >= 4 is 44.0 Å². The molecule has 2 heterocycles. The maximum Gasteiger partial charge on any atom is 0.373 e. The van der Waals surface area contributed by atoms with Crippen molar-refractivity contribution in [3.05, 3.63) is 81.2 Å². The van der Waals surface area contributed by atoms with Crippen molar-refractivity contribution < 1.29 is 9.66 Å². The van der Waals surface area contributed by atoms with Crippen molar-refractivity contribution in [2.24, 2.45) is 0 Å². The quantitative estimate of drug-likeness (QED) is 0.313. The fraction of sp³-hybridized carbons (Fsp3) is 0.0500. The number of ether oxygens (including phenoxy) is 1. The first kappa shape index (κ1) is 18.8. The van der Waals surface area contributed by atoms with Gasteiger partial charge in [0.2, 0.25) is 5.82 Å². The second-order valence-corrected chi connectivity index (χ2v) is 6.97. The Morgan fingerprint density at radius 3 is 2.69 bits per heavy atom. The average Bonchev–Trinajstić information content (AvgIpc) is 2.72. The second-order valence-electron chi connectivity index (χ2n) is 6.12. The summed E-state index contributed by atoms with van der Waals surface area (Å²) in [6, 6.07) is 14.6. The lowest BCUT2D eigenvalue weighted by Gasteiger charge is -2.12. The van der Waals surface area contributed by atoms with Gasteiger partial charge in [-0.1, -0.05) is 40.2 Å². The van der Waals surface area contributed by atoms with Crippen LogP contribution in [0.25, 0.3) is 10.9 Å². The molecule has 0 aliphatic carbocycles. The van der Waals surface area contributed by atoms with E-state index in [1.807, 2.05) is 37.3 Å². The van der Waals surface area contributed by atoms with Crippen LogP contribution >= 0.6 is 15.9 Å². The highest BCUT2D eigenvalue weighted by Gasteiger charge is 2.26. The number of nitro groups is 1. The van der Waals surface area contributed by atoms with Crippen molar-refractivity contribution in [3.8, 4) is 11.6 Å². The molecule has 0 aliphatic heterocycles. The zero-order valence-electron chi connectivity index (χ0n) is 15.2. The molecular formula is C20H14BrN5O3. The molecule has 4 aromatic rings. The standard InChI is InChI=1S/C20H14BrN5O3/c1-12-5-2-3-7-15(12)25-19-18(26(27)28)20(24-11-23-19)29-16-9-8-14(21)13-6-4-10-22-17(13)16/h2-11H,1H3,(H,23,24,25). The van der Waals surface area contributed by atoms with Gasteiger partial charge in [-0.15, -0.1) is 0 Å². The molecule has 144 valence electrons. The van der Waals surface area contributed by atoms with Crippen molar-refractivity contribution in [3.63, 3.8) is 0 Å². The van der Waals surface area contributed by atoms with Gasteiger partial charge in [-0.25, -0.2) is 4.98 Å². The Morgan fingerprint density at radius 1 is 1.07 bits per heavy atom. The lowest BCUT2D eigenvalue weighted by Crippen LogP contribution is -2.04.